The molecule has 0 unspecified atom stereocenters. The van der Waals surface area contributed by atoms with Gasteiger partial charge >= 0.3 is 0 Å². The highest BCUT2D eigenvalue weighted by Gasteiger charge is 2.28. The Balaban J connectivity index is 1.43. The number of allylic oxidation sites excluding steroid dienone is 1. The largest absolute Gasteiger partial charge is 0.380 e. The Kier molecular flexibility index (Phi) is 8.91. The maximum atomic E-state index is 12.8. The van der Waals surface area contributed by atoms with E-state index in [1.54, 1.807) is 6.08 Å². The van der Waals surface area contributed by atoms with Crippen LogP contribution in [0.4, 0.5) is 11.4 Å². The van der Waals surface area contributed by atoms with Crippen molar-refractivity contribution in [2.24, 2.45) is 4.74 Å². The predicted octanol–water partition coefficient (Wildman–Crippen LogP) is 7.60. The minimum atomic E-state index is -2.42. The van der Waals surface area contributed by atoms with E-state index in [1.165, 1.54) is 15.9 Å². The maximum absolute atomic E-state index is 12.8. The zero-order chi connectivity index (χ0) is 30.4. The van der Waals surface area contributed by atoms with Gasteiger partial charge in [0, 0.05) is 65.0 Å². The number of ketones is 1. The van der Waals surface area contributed by atoms with Gasteiger partial charge in [0.2, 0.25) is 0 Å². The van der Waals surface area contributed by atoms with Gasteiger partial charge in [0.05, 0.1) is 12.7 Å². The Morgan fingerprint density at radius 3 is 1.82 bits per heavy atom. The second kappa shape index (κ2) is 13.3. The molecule has 1 aliphatic rings. The molecule has 5 aromatic rings. The predicted molar refractivity (Wildman–Crippen MR) is 187 cm³/mol. The van der Waals surface area contributed by atoms with Crippen molar-refractivity contribution in [3.63, 3.8) is 0 Å². The molecule has 1 N–H and O–H groups in total. The van der Waals surface area contributed by atoms with Crippen LogP contribution in [0, 0.1) is 0 Å². The van der Waals surface area contributed by atoms with Crippen LogP contribution < -0.4 is 26.1 Å². The molecule has 0 radical (unpaired) electrons. The third kappa shape index (κ3) is 5.91. The standard InChI is InChI=1S/C39H38N3OP/c1-3-42(4-2)32-24-25-37-31(26-32)27-33(43)28-39(37)40-29-30-16-14-15-23-38(30)41-44(34-17-8-5-9-18-34,35-19-10-6-11-20-35)36-21-12-7-13-22-36/h5-26,28,40H,3-4,27,29H2,1-2H3. The van der Waals surface area contributed by atoms with E-state index in [4.69, 9.17) is 4.74 Å². The highest BCUT2D eigenvalue weighted by Crippen LogP contribution is 2.49. The Hall–Kier alpha value is -4.66. The first kappa shape index (κ1) is 29.4. The summed E-state index contributed by atoms with van der Waals surface area (Å²) in [5.74, 6) is 0.122. The molecule has 5 heteroatoms. The normalized spacial score (nSPS) is 12.7. The van der Waals surface area contributed by atoms with Gasteiger partial charge in [-0.05, 0) is 43.2 Å². The van der Waals surface area contributed by atoms with Gasteiger partial charge in [0.15, 0.2) is 5.78 Å². The van der Waals surface area contributed by atoms with E-state index in [9.17, 15) is 4.79 Å². The zero-order valence-corrected chi connectivity index (χ0v) is 26.3. The van der Waals surface area contributed by atoms with Crippen LogP contribution in [0.1, 0.15) is 30.5 Å². The van der Waals surface area contributed by atoms with Gasteiger partial charge in [-0.1, -0.05) is 115 Å². The van der Waals surface area contributed by atoms with Crippen LogP contribution in [-0.2, 0) is 17.8 Å². The average Bonchev–Trinajstić information content (AvgIpc) is 3.08. The lowest BCUT2D eigenvalue weighted by molar-refractivity contribution is -0.114. The second-order valence-electron chi connectivity index (χ2n) is 10.9. The third-order valence-corrected chi connectivity index (χ3v) is 11.9. The van der Waals surface area contributed by atoms with Crippen molar-refractivity contribution in [1.29, 1.82) is 0 Å². The van der Waals surface area contributed by atoms with E-state index in [1.807, 2.05) is 0 Å². The molecule has 0 amide bonds. The first-order valence-corrected chi connectivity index (χ1v) is 17.1. The fourth-order valence-corrected chi connectivity index (χ4v) is 9.63. The highest BCUT2D eigenvalue weighted by atomic mass is 31.2. The van der Waals surface area contributed by atoms with Gasteiger partial charge in [-0.2, -0.15) is 0 Å². The monoisotopic (exact) mass is 595 g/mol. The van der Waals surface area contributed by atoms with Crippen LogP contribution in [0.25, 0.3) is 5.70 Å². The molecule has 0 bridgehead atoms. The van der Waals surface area contributed by atoms with Crippen LogP contribution in [0.5, 0.6) is 0 Å². The summed E-state index contributed by atoms with van der Waals surface area (Å²) in [6.45, 7) is 6.74. The number of anilines is 1. The minimum absolute atomic E-state index is 0.122. The summed E-state index contributed by atoms with van der Waals surface area (Å²) >= 11 is 0. The molecule has 4 nitrogen and oxygen atoms in total. The Morgan fingerprint density at radius 1 is 0.705 bits per heavy atom. The fourth-order valence-electron chi connectivity index (χ4n) is 6.06. The van der Waals surface area contributed by atoms with Crippen molar-refractivity contribution >= 4 is 45.8 Å². The molecule has 0 aliphatic heterocycles. The summed E-state index contributed by atoms with van der Waals surface area (Å²) in [6.07, 6.45) is 2.19. The van der Waals surface area contributed by atoms with E-state index in [0.29, 0.717) is 13.0 Å². The Morgan fingerprint density at radius 2 is 1.25 bits per heavy atom. The van der Waals surface area contributed by atoms with Crippen LogP contribution in [0.2, 0.25) is 0 Å². The van der Waals surface area contributed by atoms with Gasteiger partial charge in [0.1, 0.15) is 0 Å². The lowest BCUT2D eigenvalue weighted by atomic mass is 9.93. The molecular formula is C39H38N3OP. The molecule has 0 saturated carbocycles. The van der Waals surface area contributed by atoms with Crippen LogP contribution in [0.15, 0.2) is 144 Å². The van der Waals surface area contributed by atoms with Gasteiger partial charge < -0.3 is 10.2 Å². The quantitative estimate of drug-likeness (QED) is 0.169. The van der Waals surface area contributed by atoms with Crippen molar-refractivity contribution in [2.45, 2.75) is 26.8 Å². The highest BCUT2D eigenvalue weighted by molar-refractivity contribution is 7.87. The van der Waals surface area contributed by atoms with E-state index in [-0.39, 0.29) is 5.78 Å². The molecule has 0 heterocycles. The van der Waals surface area contributed by atoms with Crippen molar-refractivity contribution < 1.29 is 4.79 Å². The lowest BCUT2D eigenvalue weighted by Gasteiger charge is -2.27. The van der Waals surface area contributed by atoms with E-state index in [0.717, 1.165) is 46.9 Å². The summed E-state index contributed by atoms with van der Waals surface area (Å²) in [5, 5.41) is 7.25. The molecule has 1 aliphatic carbocycles. The molecule has 44 heavy (non-hydrogen) atoms. The number of carbonyl (C=O) groups excluding carboxylic acids is 1. The topological polar surface area (TPSA) is 44.7 Å². The van der Waals surface area contributed by atoms with Crippen LogP contribution in [0.3, 0.4) is 0 Å². The maximum Gasteiger partial charge on any atom is 0.162 e. The van der Waals surface area contributed by atoms with Crippen LogP contribution >= 0.6 is 7.05 Å². The zero-order valence-electron chi connectivity index (χ0n) is 25.4. The van der Waals surface area contributed by atoms with E-state index >= 15 is 0 Å². The molecule has 6 rings (SSSR count). The van der Waals surface area contributed by atoms with Crippen molar-refractivity contribution in [3.05, 3.63) is 156 Å². The smallest absolute Gasteiger partial charge is 0.162 e. The van der Waals surface area contributed by atoms with E-state index in [2.05, 4.69) is 158 Å². The number of carbonyl (C=O) groups is 1. The number of hydrogen-bond donors (Lipinski definition) is 1. The van der Waals surface area contributed by atoms with Gasteiger partial charge in [-0.25, -0.2) is 0 Å². The molecule has 0 saturated heterocycles. The fraction of sp³-hybridized carbons (Fsp3) is 0.154. The summed E-state index contributed by atoms with van der Waals surface area (Å²) in [6, 6.07) is 46.9. The third-order valence-electron chi connectivity index (χ3n) is 8.29. The number of rotatable bonds is 10. The summed E-state index contributed by atoms with van der Waals surface area (Å²) in [7, 11) is -2.42. The SMILES string of the molecule is CCN(CC)c1ccc2c(c1)CC(=O)C=C2NCc1ccccc1N=P(c1ccccc1)(c1ccccc1)c1ccccc1. The Bertz CT molecular complexity index is 1720. The first-order valence-electron chi connectivity index (χ1n) is 15.4. The molecule has 0 spiro atoms. The van der Waals surface area contributed by atoms with Crippen LogP contribution in [-0.4, -0.2) is 18.9 Å². The van der Waals surface area contributed by atoms with Gasteiger partial charge in [0.25, 0.3) is 0 Å². The summed E-state index contributed by atoms with van der Waals surface area (Å²) < 4.78 is 5.75. The molecule has 5 aromatic carbocycles. The number of nitrogens with zero attached hydrogens (tertiary/aromatic N) is 2. The molecule has 220 valence electrons. The van der Waals surface area contributed by atoms with Crippen molar-refractivity contribution in [1.82, 2.24) is 5.32 Å². The Labute approximate surface area is 261 Å². The van der Waals surface area contributed by atoms with E-state index < -0.39 is 7.05 Å². The number of fused-ring (bicyclic) bond motifs is 1. The van der Waals surface area contributed by atoms with Crippen molar-refractivity contribution in [2.75, 3.05) is 18.0 Å². The summed E-state index contributed by atoms with van der Waals surface area (Å²) in [4.78, 5) is 15.2. The van der Waals surface area contributed by atoms with Gasteiger partial charge in [-0.15, -0.1) is 0 Å². The summed E-state index contributed by atoms with van der Waals surface area (Å²) in [5.41, 5.74) is 6.23. The number of nitrogens with one attached hydrogen (secondary N) is 1. The molecular weight excluding hydrogens is 557 g/mol. The number of hydrogen-bond acceptors (Lipinski definition) is 4. The molecule has 0 aromatic heterocycles. The second-order valence-corrected chi connectivity index (χ2v) is 14.0. The number of benzene rings is 5. The minimum Gasteiger partial charge on any atom is -0.380 e. The van der Waals surface area contributed by atoms with Crippen molar-refractivity contribution in [3.8, 4) is 0 Å². The average molecular weight is 596 g/mol. The molecule has 0 atom stereocenters. The first-order chi connectivity index (χ1) is 21.6. The lowest BCUT2D eigenvalue weighted by Crippen LogP contribution is -2.25. The molecule has 0 fully saturated rings. The van der Waals surface area contributed by atoms with Gasteiger partial charge in [-0.3, -0.25) is 9.54 Å².